The minimum absolute atomic E-state index is 0.217. The normalized spacial score (nSPS) is 18.8. The third kappa shape index (κ3) is 4.95. The highest BCUT2D eigenvalue weighted by atomic mass is 16.4. The van der Waals surface area contributed by atoms with Crippen LogP contribution in [0.25, 0.3) is 11.1 Å². The van der Waals surface area contributed by atoms with Crippen LogP contribution >= 0.6 is 0 Å². The SMILES string of the molecule is CN(C)Cc1ccc(-c2ccccc2CNC(=O)N2CCC(C)(C(=O)O)C2)cc1. The van der Waals surface area contributed by atoms with Crippen molar-refractivity contribution >= 4 is 12.0 Å². The Kier molecular flexibility index (Phi) is 6.23. The molecule has 1 atom stereocenters. The van der Waals surface area contributed by atoms with Crippen molar-refractivity contribution in [2.45, 2.75) is 26.4 Å². The number of nitrogens with one attached hydrogen (secondary N) is 1. The second kappa shape index (κ2) is 8.66. The number of carbonyl (C=O) groups excluding carboxylic acids is 1. The van der Waals surface area contributed by atoms with Crippen molar-refractivity contribution < 1.29 is 14.7 Å². The van der Waals surface area contributed by atoms with Crippen molar-refractivity contribution in [3.05, 3.63) is 59.7 Å². The number of likely N-dealkylation sites (tertiary alicyclic amines) is 1. The van der Waals surface area contributed by atoms with Gasteiger partial charge in [-0.2, -0.15) is 0 Å². The summed E-state index contributed by atoms with van der Waals surface area (Å²) in [6.45, 7) is 3.68. The summed E-state index contributed by atoms with van der Waals surface area (Å²) in [6, 6.07) is 16.3. The van der Waals surface area contributed by atoms with E-state index in [1.54, 1.807) is 11.8 Å². The molecule has 6 nitrogen and oxygen atoms in total. The number of hydrogen-bond acceptors (Lipinski definition) is 3. The van der Waals surface area contributed by atoms with E-state index in [0.717, 1.165) is 23.2 Å². The molecule has 0 radical (unpaired) electrons. The molecule has 29 heavy (non-hydrogen) atoms. The van der Waals surface area contributed by atoms with E-state index in [4.69, 9.17) is 0 Å². The van der Waals surface area contributed by atoms with Crippen molar-refractivity contribution in [2.75, 3.05) is 27.2 Å². The van der Waals surface area contributed by atoms with Crippen molar-refractivity contribution in [3.63, 3.8) is 0 Å². The molecule has 1 unspecified atom stereocenters. The Balaban J connectivity index is 1.67. The van der Waals surface area contributed by atoms with E-state index in [1.165, 1.54) is 5.56 Å². The van der Waals surface area contributed by atoms with Crippen molar-refractivity contribution in [1.29, 1.82) is 0 Å². The maximum Gasteiger partial charge on any atom is 0.317 e. The minimum atomic E-state index is -0.858. The van der Waals surface area contributed by atoms with Gasteiger partial charge in [0, 0.05) is 26.2 Å². The van der Waals surface area contributed by atoms with Crippen LogP contribution in [0.4, 0.5) is 4.79 Å². The molecule has 1 saturated heterocycles. The zero-order chi connectivity index (χ0) is 21.0. The maximum atomic E-state index is 12.5. The van der Waals surface area contributed by atoms with Crippen molar-refractivity contribution in [3.8, 4) is 11.1 Å². The number of rotatable bonds is 6. The monoisotopic (exact) mass is 395 g/mol. The number of amides is 2. The van der Waals surface area contributed by atoms with Gasteiger partial charge < -0.3 is 20.2 Å². The Labute approximate surface area is 172 Å². The molecule has 0 aromatic heterocycles. The van der Waals surface area contributed by atoms with E-state index in [9.17, 15) is 14.7 Å². The largest absolute Gasteiger partial charge is 0.481 e. The van der Waals surface area contributed by atoms with Gasteiger partial charge >= 0.3 is 12.0 Å². The highest BCUT2D eigenvalue weighted by Crippen LogP contribution is 2.30. The average Bonchev–Trinajstić information content (AvgIpc) is 3.10. The zero-order valence-corrected chi connectivity index (χ0v) is 17.3. The molecule has 0 aliphatic carbocycles. The number of benzene rings is 2. The lowest BCUT2D eigenvalue weighted by atomic mass is 9.90. The van der Waals surface area contributed by atoms with E-state index in [0.29, 0.717) is 19.5 Å². The Morgan fingerprint density at radius 1 is 1.14 bits per heavy atom. The molecule has 154 valence electrons. The summed E-state index contributed by atoms with van der Waals surface area (Å²) in [5, 5.41) is 12.3. The van der Waals surface area contributed by atoms with Crippen molar-refractivity contribution in [2.24, 2.45) is 5.41 Å². The highest BCUT2D eigenvalue weighted by molar-refractivity contribution is 5.79. The third-order valence-corrected chi connectivity index (χ3v) is 5.49. The fraction of sp³-hybridized carbons (Fsp3) is 0.391. The number of carbonyl (C=O) groups is 2. The molecule has 2 N–H and O–H groups in total. The summed E-state index contributed by atoms with van der Waals surface area (Å²) in [7, 11) is 4.09. The zero-order valence-electron chi connectivity index (χ0n) is 17.3. The summed E-state index contributed by atoms with van der Waals surface area (Å²) in [5.74, 6) is -0.851. The number of hydrogen-bond donors (Lipinski definition) is 2. The van der Waals surface area contributed by atoms with Crippen LogP contribution in [0.3, 0.4) is 0 Å². The first-order valence-electron chi connectivity index (χ1n) is 9.87. The quantitative estimate of drug-likeness (QED) is 0.786. The number of urea groups is 1. The van der Waals surface area contributed by atoms with Gasteiger partial charge in [-0.3, -0.25) is 4.79 Å². The average molecular weight is 396 g/mol. The van der Waals surface area contributed by atoms with Gasteiger partial charge in [-0.15, -0.1) is 0 Å². The second-order valence-electron chi connectivity index (χ2n) is 8.29. The first-order chi connectivity index (χ1) is 13.8. The van der Waals surface area contributed by atoms with Gasteiger partial charge in [0.25, 0.3) is 0 Å². The fourth-order valence-electron chi connectivity index (χ4n) is 3.70. The summed E-state index contributed by atoms with van der Waals surface area (Å²) in [5.41, 5.74) is 3.61. The van der Waals surface area contributed by atoms with Gasteiger partial charge in [0.1, 0.15) is 0 Å². The summed E-state index contributed by atoms with van der Waals surface area (Å²) < 4.78 is 0. The standard InChI is InChI=1S/C23H29N3O3/c1-23(21(27)28)12-13-26(16-23)22(29)24-14-19-6-4-5-7-20(19)18-10-8-17(9-11-18)15-25(2)3/h4-11H,12-16H2,1-3H3,(H,24,29)(H,27,28). The van der Waals surface area contributed by atoms with Gasteiger partial charge in [-0.05, 0) is 49.7 Å². The Bertz CT molecular complexity index is 879. The smallest absolute Gasteiger partial charge is 0.317 e. The molecular formula is C23H29N3O3. The number of carboxylic acids is 1. The van der Waals surface area contributed by atoms with Crippen LogP contribution < -0.4 is 5.32 Å². The number of carboxylic acid groups (broad SMARTS) is 1. The predicted octanol–water partition coefficient (Wildman–Crippen LogP) is 3.42. The topological polar surface area (TPSA) is 72.9 Å². The lowest BCUT2D eigenvalue weighted by Gasteiger charge is -2.21. The summed E-state index contributed by atoms with van der Waals surface area (Å²) in [4.78, 5) is 27.7. The molecular weight excluding hydrogens is 366 g/mol. The first-order valence-corrected chi connectivity index (χ1v) is 9.87. The molecule has 3 rings (SSSR count). The van der Waals surface area contributed by atoms with Gasteiger partial charge in [0.15, 0.2) is 0 Å². The van der Waals surface area contributed by atoms with E-state index in [1.807, 2.05) is 32.3 Å². The second-order valence-corrected chi connectivity index (χ2v) is 8.29. The Morgan fingerprint density at radius 3 is 2.45 bits per heavy atom. The molecule has 1 heterocycles. The van der Waals surface area contributed by atoms with E-state index in [-0.39, 0.29) is 12.6 Å². The van der Waals surface area contributed by atoms with E-state index >= 15 is 0 Å². The van der Waals surface area contributed by atoms with Crippen LogP contribution in [-0.4, -0.2) is 54.1 Å². The first kappa shape index (κ1) is 20.9. The van der Waals surface area contributed by atoms with Gasteiger partial charge in [-0.1, -0.05) is 48.5 Å². The molecule has 6 heteroatoms. The van der Waals surface area contributed by atoms with Gasteiger partial charge in [0.2, 0.25) is 0 Å². The molecule has 2 aromatic rings. The molecule has 0 bridgehead atoms. The van der Waals surface area contributed by atoms with Crippen LogP contribution in [0, 0.1) is 5.41 Å². The van der Waals surface area contributed by atoms with Gasteiger partial charge in [-0.25, -0.2) is 4.79 Å². The van der Waals surface area contributed by atoms with E-state index in [2.05, 4.69) is 40.5 Å². The minimum Gasteiger partial charge on any atom is -0.481 e. The van der Waals surface area contributed by atoms with Crippen LogP contribution in [0.1, 0.15) is 24.5 Å². The molecule has 0 saturated carbocycles. The van der Waals surface area contributed by atoms with Crippen LogP contribution in [0.2, 0.25) is 0 Å². The molecule has 1 aliphatic rings. The lowest BCUT2D eigenvalue weighted by molar-refractivity contribution is -0.147. The molecule has 2 amide bonds. The van der Waals surface area contributed by atoms with Crippen LogP contribution in [-0.2, 0) is 17.9 Å². The number of nitrogens with zero attached hydrogens (tertiary/aromatic N) is 2. The fourth-order valence-corrected chi connectivity index (χ4v) is 3.70. The molecule has 1 aliphatic heterocycles. The molecule has 0 spiro atoms. The maximum absolute atomic E-state index is 12.5. The van der Waals surface area contributed by atoms with Crippen LogP contribution in [0.15, 0.2) is 48.5 Å². The van der Waals surface area contributed by atoms with Gasteiger partial charge in [0.05, 0.1) is 5.41 Å². The lowest BCUT2D eigenvalue weighted by Crippen LogP contribution is -2.40. The summed E-state index contributed by atoms with van der Waals surface area (Å²) in [6.07, 6.45) is 0.478. The van der Waals surface area contributed by atoms with Crippen molar-refractivity contribution in [1.82, 2.24) is 15.1 Å². The Hall–Kier alpha value is -2.86. The number of aliphatic carboxylic acids is 1. The predicted molar refractivity (Wildman–Crippen MR) is 113 cm³/mol. The third-order valence-electron chi connectivity index (χ3n) is 5.49. The Morgan fingerprint density at radius 2 is 1.83 bits per heavy atom. The molecule has 2 aromatic carbocycles. The summed E-state index contributed by atoms with van der Waals surface area (Å²) >= 11 is 0. The highest BCUT2D eigenvalue weighted by Gasteiger charge is 2.42. The molecule has 1 fully saturated rings. The van der Waals surface area contributed by atoms with E-state index < -0.39 is 11.4 Å². The van der Waals surface area contributed by atoms with Crippen LogP contribution in [0.5, 0.6) is 0 Å².